The van der Waals surface area contributed by atoms with Crippen molar-refractivity contribution >= 4 is 13.3 Å². The SMILES string of the molecule is CCCCCCCCCCP(=O)(O)CC(C)C(=O)O. The van der Waals surface area contributed by atoms with Gasteiger partial charge >= 0.3 is 5.97 Å². The van der Waals surface area contributed by atoms with Crippen molar-refractivity contribution < 1.29 is 19.4 Å². The van der Waals surface area contributed by atoms with Crippen LogP contribution in [0.3, 0.4) is 0 Å². The normalized spacial score (nSPS) is 15.9. The van der Waals surface area contributed by atoms with E-state index in [4.69, 9.17) is 5.11 Å². The highest BCUT2D eigenvalue weighted by Gasteiger charge is 2.24. The van der Waals surface area contributed by atoms with Gasteiger partial charge in [-0.3, -0.25) is 9.36 Å². The second kappa shape index (κ2) is 10.4. The second-order valence-corrected chi connectivity index (χ2v) is 7.97. The summed E-state index contributed by atoms with van der Waals surface area (Å²) in [6.45, 7) is 3.68. The lowest BCUT2D eigenvalue weighted by atomic mass is 10.1. The molecule has 0 bridgehead atoms. The Morgan fingerprint density at radius 3 is 2.00 bits per heavy atom. The van der Waals surface area contributed by atoms with E-state index in [9.17, 15) is 14.3 Å². The molecule has 19 heavy (non-hydrogen) atoms. The highest BCUT2D eigenvalue weighted by Crippen LogP contribution is 2.43. The quantitative estimate of drug-likeness (QED) is 0.419. The Labute approximate surface area is 117 Å². The number of carbonyl (C=O) groups is 1. The van der Waals surface area contributed by atoms with Crippen molar-refractivity contribution in [3.8, 4) is 0 Å². The minimum atomic E-state index is -3.25. The van der Waals surface area contributed by atoms with Crippen LogP contribution in [0.4, 0.5) is 0 Å². The van der Waals surface area contributed by atoms with Gasteiger partial charge in [0, 0.05) is 12.3 Å². The lowest BCUT2D eigenvalue weighted by Crippen LogP contribution is -2.15. The molecule has 0 aliphatic heterocycles. The Morgan fingerprint density at radius 1 is 1.05 bits per heavy atom. The molecule has 2 N–H and O–H groups in total. The molecule has 5 heteroatoms. The van der Waals surface area contributed by atoms with Crippen molar-refractivity contribution in [2.24, 2.45) is 5.92 Å². The fourth-order valence-corrected chi connectivity index (χ4v) is 4.00. The molecule has 2 atom stereocenters. The topological polar surface area (TPSA) is 74.6 Å². The van der Waals surface area contributed by atoms with Gasteiger partial charge in [-0.2, -0.15) is 0 Å². The van der Waals surface area contributed by atoms with Crippen molar-refractivity contribution in [2.45, 2.75) is 65.2 Å². The van der Waals surface area contributed by atoms with Crippen LogP contribution in [0.2, 0.25) is 0 Å². The van der Waals surface area contributed by atoms with Crippen molar-refractivity contribution in [1.29, 1.82) is 0 Å². The van der Waals surface area contributed by atoms with Gasteiger partial charge in [0.25, 0.3) is 0 Å². The summed E-state index contributed by atoms with van der Waals surface area (Å²) in [4.78, 5) is 20.3. The van der Waals surface area contributed by atoms with Gasteiger partial charge < -0.3 is 10.00 Å². The van der Waals surface area contributed by atoms with Crippen molar-refractivity contribution in [3.05, 3.63) is 0 Å². The molecular formula is C14H29O4P. The average Bonchev–Trinajstić information content (AvgIpc) is 2.31. The van der Waals surface area contributed by atoms with E-state index in [1.807, 2.05) is 0 Å². The first kappa shape index (κ1) is 18.7. The molecule has 0 aromatic rings. The molecule has 0 aromatic carbocycles. The molecule has 0 aliphatic carbocycles. The molecule has 4 nitrogen and oxygen atoms in total. The molecule has 0 heterocycles. The Morgan fingerprint density at radius 2 is 1.53 bits per heavy atom. The summed E-state index contributed by atoms with van der Waals surface area (Å²) in [7, 11) is -3.25. The summed E-state index contributed by atoms with van der Waals surface area (Å²) >= 11 is 0. The monoisotopic (exact) mass is 292 g/mol. The third kappa shape index (κ3) is 11.2. The van der Waals surface area contributed by atoms with Gasteiger partial charge in [-0.15, -0.1) is 0 Å². The van der Waals surface area contributed by atoms with E-state index >= 15 is 0 Å². The molecule has 0 saturated heterocycles. The van der Waals surface area contributed by atoms with Crippen molar-refractivity contribution in [1.82, 2.24) is 0 Å². The second-order valence-electron chi connectivity index (χ2n) is 5.47. The first-order valence-corrected chi connectivity index (χ1v) is 9.45. The van der Waals surface area contributed by atoms with Crippen LogP contribution in [0.15, 0.2) is 0 Å². The first-order valence-electron chi connectivity index (χ1n) is 7.42. The van der Waals surface area contributed by atoms with E-state index in [0.29, 0.717) is 0 Å². The number of carboxylic acid groups (broad SMARTS) is 1. The van der Waals surface area contributed by atoms with E-state index in [-0.39, 0.29) is 12.3 Å². The molecule has 0 aromatic heterocycles. The molecule has 0 rings (SSSR count). The number of carboxylic acids is 1. The fourth-order valence-electron chi connectivity index (χ4n) is 2.09. The highest BCUT2D eigenvalue weighted by molar-refractivity contribution is 7.58. The van der Waals surface area contributed by atoms with Crippen LogP contribution in [0.5, 0.6) is 0 Å². The summed E-state index contributed by atoms with van der Waals surface area (Å²) in [5, 5.41) is 8.73. The van der Waals surface area contributed by atoms with Crippen LogP contribution in [0.1, 0.15) is 65.2 Å². The molecule has 0 radical (unpaired) electrons. The van der Waals surface area contributed by atoms with E-state index in [1.54, 1.807) is 0 Å². The van der Waals surface area contributed by atoms with Crippen molar-refractivity contribution in [2.75, 3.05) is 12.3 Å². The molecule has 2 unspecified atom stereocenters. The summed E-state index contributed by atoms with van der Waals surface area (Å²) < 4.78 is 11.8. The average molecular weight is 292 g/mol. The van der Waals surface area contributed by atoms with Gasteiger partial charge in [0.2, 0.25) is 7.37 Å². The molecule has 0 saturated carbocycles. The van der Waals surface area contributed by atoms with Crippen LogP contribution < -0.4 is 0 Å². The number of aliphatic carboxylic acids is 1. The van der Waals surface area contributed by atoms with Gasteiger partial charge in [-0.05, 0) is 6.42 Å². The van der Waals surface area contributed by atoms with Gasteiger partial charge in [-0.1, -0.05) is 58.8 Å². The third-order valence-corrected chi connectivity index (χ3v) is 5.48. The van der Waals surface area contributed by atoms with Crippen LogP contribution in [-0.4, -0.2) is 28.3 Å². The predicted molar refractivity (Wildman–Crippen MR) is 79.0 cm³/mol. The Hall–Kier alpha value is -0.340. The molecule has 0 fully saturated rings. The predicted octanol–water partition coefficient (Wildman–Crippen LogP) is 4.12. The molecule has 0 amide bonds. The Balaban J connectivity index is 3.59. The maximum absolute atomic E-state index is 11.8. The number of unbranched alkanes of at least 4 members (excludes halogenated alkanes) is 7. The fraction of sp³-hybridized carbons (Fsp3) is 0.929. The molecular weight excluding hydrogens is 263 g/mol. The number of hydrogen-bond acceptors (Lipinski definition) is 2. The largest absolute Gasteiger partial charge is 0.481 e. The van der Waals surface area contributed by atoms with Gasteiger partial charge in [-0.25, -0.2) is 0 Å². The third-order valence-electron chi connectivity index (χ3n) is 3.34. The van der Waals surface area contributed by atoms with Gasteiger partial charge in [0.15, 0.2) is 0 Å². The molecule has 0 aliphatic rings. The van der Waals surface area contributed by atoms with E-state index in [0.717, 1.165) is 19.3 Å². The molecule has 114 valence electrons. The van der Waals surface area contributed by atoms with Crippen LogP contribution in [-0.2, 0) is 9.36 Å². The summed E-state index contributed by atoms with van der Waals surface area (Å²) in [6, 6.07) is 0. The van der Waals surface area contributed by atoms with Crippen LogP contribution in [0, 0.1) is 5.92 Å². The lowest BCUT2D eigenvalue weighted by molar-refractivity contribution is -0.140. The number of hydrogen-bond donors (Lipinski definition) is 2. The zero-order chi connectivity index (χ0) is 14.7. The minimum Gasteiger partial charge on any atom is -0.481 e. The van der Waals surface area contributed by atoms with Crippen LogP contribution >= 0.6 is 7.37 Å². The van der Waals surface area contributed by atoms with Gasteiger partial charge in [0.05, 0.1) is 5.92 Å². The Bertz CT molecular complexity index is 291. The summed E-state index contributed by atoms with van der Waals surface area (Å²) in [5.74, 6) is -1.73. The van der Waals surface area contributed by atoms with E-state index in [1.165, 1.54) is 39.0 Å². The van der Waals surface area contributed by atoms with E-state index in [2.05, 4.69) is 6.92 Å². The van der Waals surface area contributed by atoms with Crippen LogP contribution in [0.25, 0.3) is 0 Å². The number of rotatable bonds is 12. The zero-order valence-electron chi connectivity index (χ0n) is 12.3. The van der Waals surface area contributed by atoms with Gasteiger partial charge in [0.1, 0.15) is 0 Å². The smallest absolute Gasteiger partial charge is 0.306 e. The maximum Gasteiger partial charge on any atom is 0.306 e. The zero-order valence-corrected chi connectivity index (χ0v) is 13.2. The molecule has 0 spiro atoms. The lowest BCUT2D eigenvalue weighted by Gasteiger charge is -2.13. The summed E-state index contributed by atoms with van der Waals surface area (Å²) in [5.41, 5.74) is 0. The highest BCUT2D eigenvalue weighted by atomic mass is 31.2. The maximum atomic E-state index is 11.8. The van der Waals surface area contributed by atoms with E-state index < -0.39 is 19.3 Å². The standard InChI is InChI=1S/C14H29O4P/c1-3-4-5-6-7-8-9-10-11-19(17,18)12-13(2)14(15)16/h13H,3-12H2,1-2H3,(H,15,16)(H,17,18). The Kier molecular flexibility index (Phi) is 10.3. The first-order chi connectivity index (χ1) is 8.89. The minimum absolute atomic E-state index is 0.0984. The summed E-state index contributed by atoms with van der Waals surface area (Å²) in [6.07, 6.45) is 9.24. The van der Waals surface area contributed by atoms with Crippen molar-refractivity contribution in [3.63, 3.8) is 0 Å².